The smallest absolute Gasteiger partial charge is 0.102 e. The maximum atomic E-state index is 9.74. The summed E-state index contributed by atoms with van der Waals surface area (Å²) in [4.78, 5) is 8.53. The van der Waals surface area contributed by atoms with Crippen molar-refractivity contribution in [2.24, 2.45) is 0 Å². The predicted octanol–water partition coefficient (Wildman–Crippen LogP) is 2.76. The molecule has 19 heavy (non-hydrogen) atoms. The van der Waals surface area contributed by atoms with Gasteiger partial charge in [0, 0.05) is 12.4 Å². The lowest BCUT2D eigenvalue weighted by atomic mass is 9.96. The van der Waals surface area contributed by atoms with Crippen LogP contribution in [0.5, 0.6) is 0 Å². The lowest BCUT2D eigenvalue weighted by Gasteiger charge is -2.30. The van der Waals surface area contributed by atoms with Gasteiger partial charge >= 0.3 is 0 Å². The summed E-state index contributed by atoms with van der Waals surface area (Å²) in [6.45, 7) is 3.62. The van der Waals surface area contributed by atoms with E-state index in [4.69, 9.17) is 11.6 Å². The number of aliphatic hydroxyl groups is 1. The number of rotatable bonds is 4. The lowest BCUT2D eigenvalue weighted by Crippen LogP contribution is -2.37. The minimum absolute atomic E-state index is 0.113. The summed E-state index contributed by atoms with van der Waals surface area (Å²) in [5.74, 6) is 0. The summed E-state index contributed by atoms with van der Waals surface area (Å²) in [7, 11) is 0. The third kappa shape index (κ3) is 2.85. The van der Waals surface area contributed by atoms with Gasteiger partial charge < -0.3 is 10.4 Å². The first-order valence-corrected chi connectivity index (χ1v) is 6.36. The monoisotopic (exact) mass is 277 g/mol. The van der Waals surface area contributed by atoms with Crippen molar-refractivity contribution >= 4 is 17.3 Å². The normalized spacial score (nSPS) is 13.9. The maximum Gasteiger partial charge on any atom is 0.102 e. The fraction of sp³-hybridized carbons (Fsp3) is 0.286. The number of hydrogen-bond acceptors (Lipinski definition) is 4. The first-order valence-electron chi connectivity index (χ1n) is 5.98. The minimum Gasteiger partial charge on any atom is -0.394 e. The number of anilines is 1. The van der Waals surface area contributed by atoms with Gasteiger partial charge in [0.2, 0.25) is 0 Å². The van der Waals surface area contributed by atoms with E-state index < -0.39 is 5.54 Å². The van der Waals surface area contributed by atoms with Gasteiger partial charge in [-0.05, 0) is 26.0 Å². The Balaban J connectivity index is 2.39. The molecule has 2 N–H and O–H groups in total. The Morgan fingerprint density at radius 3 is 2.58 bits per heavy atom. The van der Waals surface area contributed by atoms with Gasteiger partial charge in [-0.2, -0.15) is 0 Å². The molecule has 2 rings (SSSR count). The quantitative estimate of drug-likeness (QED) is 0.902. The third-order valence-electron chi connectivity index (χ3n) is 3.00. The second kappa shape index (κ2) is 5.55. The van der Waals surface area contributed by atoms with Gasteiger partial charge in [-0.3, -0.25) is 9.97 Å². The average molecular weight is 278 g/mol. The molecule has 0 fully saturated rings. The summed E-state index contributed by atoms with van der Waals surface area (Å²) in [6, 6.07) is 7.40. The van der Waals surface area contributed by atoms with Crippen LogP contribution < -0.4 is 5.32 Å². The molecule has 1 atom stereocenters. The highest BCUT2D eigenvalue weighted by Gasteiger charge is 2.30. The van der Waals surface area contributed by atoms with Crippen LogP contribution >= 0.6 is 11.6 Å². The van der Waals surface area contributed by atoms with Crippen LogP contribution in [0, 0.1) is 6.92 Å². The molecule has 1 aromatic carbocycles. The number of aliphatic hydroxyl groups excluding tert-OH is 1. The summed E-state index contributed by atoms with van der Waals surface area (Å²) in [5, 5.41) is 13.6. The molecule has 0 saturated heterocycles. The van der Waals surface area contributed by atoms with Crippen molar-refractivity contribution in [1.29, 1.82) is 0 Å². The van der Waals surface area contributed by atoms with Gasteiger partial charge in [0.1, 0.15) is 5.54 Å². The summed E-state index contributed by atoms with van der Waals surface area (Å²) in [6.07, 6.45) is 3.25. The third-order valence-corrected chi connectivity index (χ3v) is 3.33. The lowest BCUT2D eigenvalue weighted by molar-refractivity contribution is 0.220. The molecule has 0 spiro atoms. The van der Waals surface area contributed by atoms with Crippen LogP contribution in [0.25, 0.3) is 0 Å². The molecule has 0 bridgehead atoms. The number of hydrogen-bond donors (Lipinski definition) is 2. The van der Waals surface area contributed by atoms with Crippen molar-refractivity contribution in [3.63, 3.8) is 0 Å². The van der Waals surface area contributed by atoms with E-state index in [2.05, 4.69) is 15.3 Å². The summed E-state index contributed by atoms with van der Waals surface area (Å²) in [5.41, 5.74) is 1.50. The number of nitrogens with one attached hydrogen (secondary N) is 1. The van der Waals surface area contributed by atoms with E-state index in [0.29, 0.717) is 10.7 Å². The molecule has 0 aliphatic rings. The Morgan fingerprint density at radius 2 is 1.95 bits per heavy atom. The first kappa shape index (κ1) is 13.8. The zero-order chi connectivity index (χ0) is 13.9. The minimum atomic E-state index is -0.733. The predicted molar refractivity (Wildman–Crippen MR) is 76.3 cm³/mol. The standard InChI is InChI=1S/C14H16ClN3O/c1-10-13(17-8-7-16-10)14(2,9-19)18-12-6-4-3-5-11(12)15/h3-8,18-19H,9H2,1-2H3. The van der Waals surface area contributed by atoms with Gasteiger partial charge in [0.15, 0.2) is 0 Å². The first-order chi connectivity index (χ1) is 9.07. The molecule has 4 nitrogen and oxygen atoms in total. The Morgan fingerprint density at radius 1 is 1.26 bits per heavy atom. The molecule has 0 aliphatic heterocycles. The van der Waals surface area contributed by atoms with E-state index in [0.717, 1.165) is 11.4 Å². The molecule has 1 unspecified atom stereocenters. The maximum absolute atomic E-state index is 9.74. The summed E-state index contributed by atoms with van der Waals surface area (Å²) >= 11 is 6.13. The molecule has 1 heterocycles. The fourth-order valence-electron chi connectivity index (χ4n) is 1.98. The number of benzene rings is 1. The van der Waals surface area contributed by atoms with Crippen molar-refractivity contribution in [3.8, 4) is 0 Å². The molecule has 0 radical (unpaired) electrons. The van der Waals surface area contributed by atoms with E-state index in [-0.39, 0.29) is 6.61 Å². The van der Waals surface area contributed by atoms with Crippen molar-refractivity contribution in [2.75, 3.05) is 11.9 Å². The molecule has 0 amide bonds. The van der Waals surface area contributed by atoms with Crippen LogP contribution in [0.2, 0.25) is 5.02 Å². The molecular weight excluding hydrogens is 262 g/mol. The second-order valence-electron chi connectivity index (χ2n) is 4.59. The number of para-hydroxylation sites is 1. The number of aryl methyl sites for hydroxylation is 1. The average Bonchev–Trinajstić information content (AvgIpc) is 2.42. The van der Waals surface area contributed by atoms with Crippen LogP contribution in [0.3, 0.4) is 0 Å². The Bertz CT molecular complexity index is 576. The van der Waals surface area contributed by atoms with E-state index in [9.17, 15) is 5.11 Å². The van der Waals surface area contributed by atoms with Crippen LogP contribution in [-0.2, 0) is 5.54 Å². The van der Waals surface area contributed by atoms with Gasteiger partial charge in [-0.15, -0.1) is 0 Å². The van der Waals surface area contributed by atoms with Crippen molar-refractivity contribution in [1.82, 2.24) is 9.97 Å². The van der Waals surface area contributed by atoms with Gasteiger partial charge in [-0.25, -0.2) is 0 Å². The molecule has 1 aromatic heterocycles. The van der Waals surface area contributed by atoms with Crippen LogP contribution in [0.1, 0.15) is 18.3 Å². The molecule has 100 valence electrons. The van der Waals surface area contributed by atoms with Crippen LogP contribution in [0.4, 0.5) is 5.69 Å². The zero-order valence-corrected chi connectivity index (χ0v) is 11.6. The number of halogens is 1. The van der Waals surface area contributed by atoms with E-state index in [1.807, 2.05) is 32.0 Å². The van der Waals surface area contributed by atoms with E-state index >= 15 is 0 Å². The Hall–Kier alpha value is -1.65. The van der Waals surface area contributed by atoms with E-state index in [1.54, 1.807) is 18.5 Å². The molecular formula is C14H16ClN3O. The highest BCUT2D eigenvalue weighted by Crippen LogP contribution is 2.29. The van der Waals surface area contributed by atoms with Crippen molar-refractivity contribution in [2.45, 2.75) is 19.4 Å². The van der Waals surface area contributed by atoms with Crippen molar-refractivity contribution < 1.29 is 5.11 Å². The Labute approximate surface area is 117 Å². The van der Waals surface area contributed by atoms with Gasteiger partial charge in [0.05, 0.1) is 28.7 Å². The zero-order valence-electron chi connectivity index (χ0n) is 10.9. The highest BCUT2D eigenvalue weighted by atomic mass is 35.5. The van der Waals surface area contributed by atoms with Crippen molar-refractivity contribution in [3.05, 3.63) is 53.1 Å². The number of nitrogens with zero attached hydrogens (tertiary/aromatic N) is 2. The largest absolute Gasteiger partial charge is 0.394 e. The molecule has 5 heteroatoms. The highest BCUT2D eigenvalue weighted by molar-refractivity contribution is 6.33. The van der Waals surface area contributed by atoms with Gasteiger partial charge in [-0.1, -0.05) is 23.7 Å². The fourth-order valence-corrected chi connectivity index (χ4v) is 2.17. The summed E-state index contributed by atoms with van der Waals surface area (Å²) < 4.78 is 0. The molecule has 2 aromatic rings. The molecule has 0 aliphatic carbocycles. The van der Waals surface area contributed by atoms with E-state index in [1.165, 1.54) is 0 Å². The second-order valence-corrected chi connectivity index (χ2v) is 4.99. The number of aromatic nitrogens is 2. The molecule has 0 saturated carbocycles. The van der Waals surface area contributed by atoms with Crippen LogP contribution in [0.15, 0.2) is 36.7 Å². The SMILES string of the molecule is Cc1nccnc1C(C)(CO)Nc1ccccc1Cl. The topological polar surface area (TPSA) is 58.0 Å². The Kier molecular flexibility index (Phi) is 4.02. The van der Waals surface area contributed by atoms with Gasteiger partial charge in [0.25, 0.3) is 0 Å². The van der Waals surface area contributed by atoms with Crippen LogP contribution in [-0.4, -0.2) is 21.7 Å².